The summed E-state index contributed by atoms with van der Waals surface area (Å²) in [7, 11) is 1.54. The van der Waals surface area contributed by atoms with Crippen LogP contribution >= 0.6 is 12.4 Å². The zero-order valence-corrected chi connectivity index (χ0v) is 16.1. The summed E-state index contributed by atoms with van der Waals surface area (Å²) >= 11 is 0. The first-order valence-electron chi connectivity index (χ1n) is 7.92. The maximum Gasteiger partial charge on any atom is 0.243 e. The van der Waals surface area contributed by atoms with Crippen LogP contribution in [0, 0.1) is 5.92 Å². The zero-order chi connectivity index (χ0) is 18.3. The standard InChI is InChI=1S/C17H27N3O4.ClH/c1-10(2)16(18)17(22)19-9-15(21)20-13-8-12(23-5)6-7-14(13)24-11(3)4;/h6-8,10-11,16H,9,18H2,1-5H3,(H,19,22)(H,20,21);1H/t16-;/m0./s1. The van der Waals surface area contributed by atoms with Crippen LogP contribution < -0.4 is 25.8 Å². The third-order valence-corrected chi connectivity index (χ3v) is 3.27. The van der Waals surface area contributed by atoms with Gasteiger partial charge in [0.2, 0.25) is 11.8 Å². The smallest absolute Gasteiger partial charge is 0.243 e. The number of nitrogens with one attached hydrogen (secondary N) is 2. The summed E-state index contributed by atoms with van der Waals surface area (Å²) in [6, 6.07) is 4.49. The van der Waals surface area contributed by atoms with Gasteiger partial charge in [-0.25, -0.2) is 0 Å². The number of carbonyl (C=O) groups is 2. The fourth-order valence-corrected chi connectivity index (χ4v) is 1.87. The van der Waals surface area contributed by atoms with Crippen molar-refractivity contribution in [1.82, 2.24) is 5.32 Å². The Balaban J connectivity index is 0.00000576. The first-order valence-corrected chi connectivity index (χ1v) is 7.92. The van der Waals surface area contributed by atoms with Crippen molar-refractivity contribution in [2.45, 2.75) is 39.8 Å². The van der Waals surface area contributed by atoms with Crippen LogP contribution in [0.1, 0.15) is 27.7 Å². The van der Waals surface area contributed by atoms with Crippen molar-refractivity contribution in [3.63, 3.8) is 0 Å². The fraction of sp³-hybridized carbons (Fsp3) is 0.529. The number of methoxy groups -OCH3 is 1. The summed E-state index contributed by atoms with van der Waals surface area (Å²) in [5.41, 5.74) is 6.22. The number of hydrogen-bond acceptors (Lipinski definition) is 5. The lowest BCUT2D eigenvalue weighted by molar-refractivity contribution is -0.125. The van der Waals surface area contributed by atoms with Crippen LogP contribution in [-0.2, 0) is 9.59 Å². The van der Waals surface area contributed by atoms with Crippen LogP contribution in [-0.4, -0.2) is 37.6 Å². The van der Waals surface area contributed by atoms with Gasteiger partial charge in [-0.05, 0) is 31.9 Å². The number of ether oxygens (including phenoxy) is 2. The van der Waals surface area contributed by atoms with Crippen LogP contribution in [0.5, 0.6) is 11.5 Å². The molecule has 0 fully saturated rings. The highest BCUT2D eigenvalue weighted by Gasteiger charge is 2.18. The van der Waals surface area contributed by atoms with Gasteiger partial charge in [0.05, 0.1) is 31.5 Å². The van der Waals surface area contributed by atoms with Gasteiger partial charge in [0.25, 0.3) is 0 Å². The van der Waals surface area contributed by atoms with E-state index in [4.69, 9.17) is 15.2 Å². The van der Waals surface area contributed by atoms with Gasteiger partial charge in [0.15, 0.2) is 0 Å². The van der Waals surface area contributed by atoms with Crippen LogP contribution in [0.2, 0.25) is 0 Å². The molecule has 1 rings (SSSR count). The summed E-state index contributed by atoms with van der Waals surface area (Å²) in [4.78, 5) is 23.9. The number of nitrogens with two attached hydrogens (primary N) is 1. The normalized spacial score (nSPS) is 11.5. The van der Waals surface area contributed by atoms with Gasteiger partial charge >= 0.3 is 0 Å². The van der Waals surface area contributed by atoms with Crippen LogP contribution in [0.4, 0.5) is 5.69 Å². The minimum absolute atomic E-state index is 0. The van der Waals surface area contributed by atoms with Gasteiger partial charge in [-0.2, -0.15) is 0 Å². The SMILES string of the molecule is COc1ccc(OC(C)C)c(NC(=O)CNC(=O)[C@@H](N)C(C)C)c1.Cl. The zero-order valence-electron chi connectivity index (χ0n) is 15.3. The van der Waals surface area contributed by atoms with E-state index in [-0.39, 0.29) is 42.8 Å². The molecule has 0 aliphatic rings. The van der Waals surface area contributed by atoms with Crippen LogP contribution in [0.25, 0.3) is 0 Å². The average molecular weight is 374 g/mol. The Hall–Kier alpha value is -1.99. The highest BCUT2D eigenvalue weighted by molar-refractivity contribution is 5.96. The molecule has 0 spiro atoms. The van der Waals surface area contributed by atoms with Crippen molar-refractivity contribution >= 4 is 29.9 Å². The van der Waals surface area contributed by atoms with Crippen molar-refractivity contribution in [1.29, 1.82) is 0 Å². The number of rotatable bonds is 8. The van der Waals surface area contributed by atoms with E-state index in [0.717, 1.165) is 0 Å². The lowest BCUT2D eigenvalue weighted by Gasteiger charge is -2.17. The van der Waals surface area contributed by atoms with Crippen LogP contribution in [0.15, 0.2) is 18.2 Å². The molecule has 1 atom stereocenters. The molecule has 4 N–H and O–H groups in total. The van der Waals surface area contributed by atoms with E-state index in [1.807, 2.05) is 27.7 Å². The van der Waals surface area contributed by atoms with Crippen LogP contribution in [0.3, 0.4) is 0 Å². The number of benzene rings is 1. The first-order chi connectivity index (χ1) is 11.2. The van der Waals surface area contributed by atoms with Gasteiger partial charge in [0, 0.05) is 6.07 Å². The molecular formula is C17H28ClN3O4. The molecular weight excluding hydrogens is 346 g/mol. The molecule has 25 heavy (non-hydrogen) atoms. The molecule has 0 unspecified atom stereocenters. The monoisotopic (exact) mass is 373 g/mol. The molecule has 0 aliphatic carbocycles. The molecule has 0 aliphatic heterocycles. The van der Waals surface area contributed by atoms with Crippen molar-refractivity contribution in [3.05, 3.63) is 18.2 Å². The molecule has 0 bridgehead atoms. The molecule has 0 saturated heterocycles. The molecule has 1 aromatic rings. The van der Waals surface area contributed by atoms with E-state index in [1.54, 1.807) is 18.2 Å². The Kier molecular flexibility index (Phi) is 9.93. The predicted molar refractivity (Wildman–Crippen MR) is 100 cm³/mol. The van der Waals surface area contributed by atoms with Gasteiger partial charge in [-0.1, -0.05) is 13.8 Å². The topological polar surface area (TPSA) is 103 Å². The lowest BCUT2D eigenvalue weighted by atomic mass is 10.1. The largest absolute Gasteiger partial charge is 0.497 e. The van der Waals surface area contributed by atoms with Crippen molar-refractivity contribution in [2.24, 2.45) is 11.7 Å². The van der Waals surface area contributed by atoms with Gasteiger partial charge in [0.1, 0.15) is 11.5 Å². The summed E-state index contributed by atoms with van der Waals surface area (Å²) in [5.74, 6) is 0.389. The molecule has 0 saturated carbocycles. The minimum Gasteiger partial charge on any atom is -0.497 e. The summed E-state index contributed by atoms with van der Waals surface area (Å²) in [6.45, 7) is 7.30. The molecule has 7 nitrogen and oxygen atoms in total. The molecule has 0 radical (unpaired) electrons. The Morgan fingerprint density at radius 3 is 2.36 bits per heavy atom. The Morgan fingerprint density at radius 1 is 1.20 bits per heavy atom. The third kappa shape index (κ3) is 7.62. The highest BCUT2D eigenvalue weighted by atomic mass is 35.5. The molecule has 1 aromatic carbocycles. The molecule has 2 amide bonds. The quantitative estimate of drug-likeness (QED) is 0.646. The van der Waals surface area contributed by atoms with E-state index in [9.17, 15) is 9.59 Å². The molecule has 0 aromatic heterocycles. The Morgan fingerprint density at radius 2 is 1.84 bits per heavy atom. The number of halogens is 1. The van der Waals surface area contributed by atoms with Crippen molar-refractivity contribution < 1.29 is 19.1 Å². The third-order valence-electron chi connectivity index (χ3n) is 3.27. The number of anilines is 1. The molecule has 142 valence electrons. The number of carbonyl (C=O) groups excluding carboxylic acids is 2. The van der Waals surface area contributed by atoms with Gasteiger partial charge < -0.3 is 25.8 Å². The predicted octanol–water partition coefficient (Wildman–Crippen LogP) is 1.94. The fourth-order valence-electron chi connectivity index (χ4n) is 1.87. The molecule has 0 heterocycles. The van der Waals surface area contributed by atoms with E-state index in [0.29, 0.717) is 17.2 Å². The second-order valence-electron chi connectivity index (χ2n) is 6.06. The average Bonchev–Trinajstić information content (AvgIpc) is 2.52. The maximum atomic E-state index is 12.1. The first kappa shape index (κ1) is 23.0. The Labute approximate surface area is 155 Å². The maximum absolute atomic E-state index is 12.1. The lowest BCUT2D eigenvalue weighted by Crippen LogP contribution is -2.46. The summed E-state index contributed by atoms with van der Waals surface area (Å²) in [6.07, 6.45) is -0.0437. The second kappa shape index (κ2) is 10.8. The summed E-state index contributed by atoms with van der Waals surface area (Å²) in [5, 5.41) is 5.24. The van der Waals surface area contributed by atoms with Crippen molar-refractivity contribution in [2.75, 3.05) is 19.0 Å². The molecule has 8 heteroatoms. The van der Waals surface area contributed by atoms with E-state index >= 15 is 0 Å². The van der Waals surface area contributed by atoms with E-state index in [2.05, 4.69) is 10.6 Å². The number of amides is 2. The van der Waals surface area contributed by atoms with Gasteiger partial charge in [-0.3, -0.25) is 9.59 Å². The number of hydrogen-bond donors (Lipinski definition) is 3. The van der Waals surface area contributed by atoms with Crippen molar-refractivity contribution in [3.8, 4) is 11.5 Å². The minimum atomic E-state index is -0.644. The summed E-state index contributed by atoms with van der Waals surface area (Å²) < 4.78 is 10.8. The highest BCUT2D eigenvalue weighted by Crippen LogP contribution is 2.29. The van der Waals surface area contributed by atoms with E-state index < -0.39 is 6.04 Å². The second-order valence-corrected chi connectivity index (χ2v) is 6.06. The Bertz CT molecular complexity index is 579. The van der Waals surface area contributed by atoms with Gasteiger partial charge in [-0.15, -0.1) is 12.4 Å². The van der Waals surface area contributed by atoms with E-state index in [1.165, 1.54) is 7.11 Å².